The van der Waals surface area contributed by atoms with Gasteiger partial charge in [-0.3, -0.25) is 0 Å². The highest BCUT2D eigenvalue weighted by Crippen LogP contribution is 2.76. The van der Waals surface area contributed by atoms with Crippen molar-refractivity contribution in [3.05, 3.63) is 0 Å². The second kappa shape index (κ2) is 3.17. The molecule has 1 spiro atoms. The summed E-state index contributed by atoms with van der Waals surface area (Å²) in [7, 11) is 0. The molecule has 0 unspecified atom stereocenters. The monoisotopic (exact) mass is 252 g/mol. The summed E-state index contributed by atoms with van der Waals surface area (Å²) in [5.74, 6) is 1.77. The summed E-state index contributed by atoms with van der Waals surface area (Å²) in [6, 6.07) is 0. The molecule has 1 aliphatic heterocycles. The maximum atomic E-state index is 5.86. The molecule has 4 aliphatic rings. The number of rotatable bonds is 0. The van der Waals surface area contributed by atoms with Gasteiger partial charge < -0.3 is 9.47 Å². The van der Waals surface area contributed by atoms with Gasteiger partial charge in [-0.25, -0.2) is 0 Å². The number of hydrogen-bond acceptors (Lipinski definition) is 3. The zero-order valence-corrected chi connectivity index (χ0v) is 11.2. The molecule has 0 amide bonds. The highest BCUT2D eigenvalue weighted by Gasteiger charge is 2.76. The molecule has 4 rings (SSSR count). The van der Waals surface area contributed by atoms with Gasteiger partial charge in [0.25, 0.3) is 0 Å². The normalized spacial score (nSPS) is 55.8. The van der Waals surface area contributed by atoms with Crippen LogP contribution in [0.4, 0.5) is 0 Å². The van der Waals surface area contributed by atoms with Gasteiger partial charge in [0.2, 0.25) is 0 Å². The number of ether oxygens (including phenoxy) is 2. The molecule has 5 atom stereocenters. The zero-order valence-electron chi connectivity index (χ0n) is 10.4. The maximum Gasteiger partial charge on any atom is 0.352 e. The van der Waals surface area contributed by atoms with Gasteiger partial charge in [0.1, 0.15) is 12.7 Å². The van der Waals surface area contributed by atoms with E-state index in [0.717, 1.165) is 18.4 Å². The summed E-state index contributed by atoms with van der Waals surface area (Å²) >= 11 is 5.08. The summed E-state index contributed by atoms with van der Waals surface area (Å²) in [5, 5.41) is 0.393. The van der Waals surface area contributed by atoms with Crippen LogP contribution in [0.1, 0.15) is 45.4 Å². The van der Waals surface area contributed by atoms with E-state index in [4.69, 9.17) is 21.7 Å². The van der Waals surface area contributed by atoms with Crippen molar-refractivity contribution < 1.29 is 9.47 Å². The van der Waals surface area contributed by atoms with E-state index in [1.807, 2.05) is 0 Å². The molecule has 17 heavy (non-hydrogen) atoms. The molecule has 0 radical (unpaired) electrons. The Balaban J connectivity index is 1.74. The Hall–Kier alpha value is -0.310. The minimum Gasteiger partial charge on any atom is -0.456 e. The smallest absolute Gasteiger partial charge is 0.352 e. The van der Waals surface area contributed by atoms with Crippen molar-refractivity contribution in [2.75, 3.05) is 6.61 Å². The zero-order chi connectivity index (χ0) is 11.7. The fourth-order valence-corrected chi connectivity index (χ4v) is 5.93. The van der Waals surface area contributed by atoms with E-state index in [-0.39, 0.29) is 0 Å². The summed E-state index contributed by atoms with van der Waals surface area (Å²) in [4.78, 5) is 0. The van der Waals surface area contributed by atoms with Crippen LogP contribution in [0.5, 0.6) is 0 Å². The van der Waals surface area contributed by atoms with Crippen LogP contribution < -0.4 is 0 Å². The first-order chi connectivity index (χ1) is 8.18. The lowest BCUT2D eigenvalue weighted by atomic mass is 9.37. The van der Waals surface area contributed by atoms with E-state index >= 15 is 0 Å². The molecule has 3 saturated carbocycles. The third-order valence-corrected chi connectivity index (χ3v) is 6.69. The molecule has 4 fully saturated rings. The Morgan fingerprint density at radius 2 is 1.94 bits per heavy atom. The molecule has 2 nitrogen and oxygen atoms in total. The predicted molar refractivity (Wildman–Crippen MR) is 68.6 cm³/mol. The van der Waals surface area contributed by atoms with Gasteiger partial charge in [-0.05, 0) is 42.9 Å². The van der Waals surface area contributed by atoms with Crippen molar-refractivity contribution in [2.45, 2.75) is 51.6 Å². The minimum absolute atomic E-state index is 0.306. The van der Waals surface area contributed by atoms with Crippen LogP contribution in [-0.4, -0.2) is 17.9 Å². The molecule has 1 saturated heterocycles. The molecule has 1 heterocycles. The standard InChI is InChI=1S/C14H20O2S/c1-13-7-6-11-14(13,8-15-12(17)16-11)10-5-3-2-4-9(10)13/h9-11H,2-8H2,1H3/t9-,10+,11+,13+,14+/m1/s1. The first-order valence-corrected chi connectivity index (χ1v) is 7.43. The van der Waals surface area contributed by atoms with Crippen LogP contribution in [0.3, 0.4) is 0 Å². The Bertz CT molecular complexity index is 382. The average molecular weight is 252 g/mol. The minimum atomic E-state index is 0.306. The first kappa shape index (κ1) is 10.6. The molecule has 0 aromatic carbocycles. The van der Waals surface area contributed by atoms with Gasteiger partial charge in [0, 0.05) is 12.2 Å². The molecule has 0 aromatic heterocycles. The van der Waals surface area contributed by atoms with Crippen LogP contribution in [-0.2, 0) is 9.47 Å². The maximum absolute atomic E-state index is 5.86. The number of thiocarbonyl (C=S) groups is 1. The fourth-order valence-electron chi connectivity index (χ4n) is 5.75. The van der Waals surface area contributed by atoms with Crippen molar-refractivity contribution in [2.24, 2.45) is 22.7 Å². The Labute approximate surface area is 108 Å². The van der Waals surface area contributed by atoms with Gasteiger partial charge in [-0.15, -0.1) is 0 Å². The third-order valence-electron chi connectivity index (χ3n) is 6.48. The molecule has 0 bridgehead atoms. The lowest BCUT2D eigenvalue weighted by Gasteiger charge is -2.69. The van der Waals surface area contributed by atoms with Crippen molar-refractivity contribution >= 4 is 17.5 Å². The molecular formula is C14H20O2S. The fraction of sp³-hybridized carbons (Fsp3) is 0.929. The number of fused-ring (bicyclic) bond motifs is 2. The summed E-state index contributed by atoms with van der Waals surface area (Å²) < 4.78 is 11.5. The van der Waals surface area contributed by atoms with E-state index in [9.17, 15) is 0 Å². The molecule has 94 valence electrons. The molecular weight excluding hydrogens is 232 g/mol. The highest BCUT2D eigenvalue weighted by atomic mass is 32.1. The van der Waals surface area contributed by atoms with Gasteiger partial charge in [0.05, 0.1) is 5.41 Å². The van der Waals surface area contributed by atoms with Crippen molar-refractivity contribution in [1.29, 1.82) is 0 Å². The highest BCUT2D eigenvalue weighted by molar-refractivity contribution is 7.79. The van der Waals surface area contributed by atoms with Crippen molar-refractivity contribution in [3.63, 3.8) is 0 Å². The Morgan fingerprint density at radius 1 is 1.18 bits per heavy atom. The van der Waals surface area contributed by atoms with E-state index in [2.05, 4.69) is 6.92 Å². The van der Waals surface area contributed by atoms with Crippen LogP contribution in [0, 0.1) is 22.7 Å². The lowest BCUT2D eigenvalue weighted by molar-refractivity contribution is -0.261. The molecule has 3 aliphatic carbocycles. The van der Waals surface area contributed by atoms with Crippen LogP contribution >= 0.6 is 12.2 Å². The van der Waals surface area contributed by atoms with Gasteiger partial charge in [-0.2, -0.15) is 0 Å². The molecule has 0 aromatic rings. The lowest BCUT2D eigenvalue weighted by Crippen LogP contribution is -2.69. The van der Waals surface area contributed by atoms with E-state index in [1.165, 1.54) is 38.5 Å². The van der Waals surface area contributed by atoms with Gasteiger partial charge in [-0.1, -0.05) is 19.8 Å². The molecule has 3 heteroatoms. The topological polar surface area (TPSA) is 18.5 Å². The summed E-state index contributed by atoms with van der Waals surface area (Å²) in [6.07, 6.45) is 8.50. The largest absolute Gasteiger partial charge is 0.456 e. The molecule has 0 N–H and O–H groups in total. The van der Waals surface area contributed by atoms with E-state index in [0.29, 0.717) is 22.2 Å². The van der Waals surface area contributed by atoms with E-state index < -0.39 is 0 Å². The number of hydrogen-bond donors (Lipinski definition) is 0. The Kier molecular flexibility index (Phi) is 1.98. The second-order valence-corrected chi connectivity index (χ2v) is 6.97. The SMILES string of the molecule is C[C@@]12CC[C@@H]3OC(=S)OC[C@]31[C@H]1CCCC[C@H]12. The average Bonchev–Trinajstić information content (AvgIpc) is 2.59. The van der Waals surface area contributed by atoms with Gasteiger partial charge >= 0.3 is 5.24 Å². The van der Waals surface area contributed by atoms with Crippen LogP contribution in [0.2, 0.25) is 0 Å². The van der Waals surface area contributed by atoms with Crippen molar-refractivity contribution in [1.82, 2.24) is 0 Å². The summed E-state index contributed by atoms with van der Waals surface area (Å²) in [6.45, 7) is 3.31. The van der Waals surface area contributed by atoms with Crippen LogP contribution in [0.25, 0.3) is 0 Å². The van der Waals surface area contributed by atoms with Crippen LogP contribution in [0.15, 0.2) is 0 Å². The predicted octanol–water partition coefficient (Wildman–Crippen LogP) is 3.29. The van der Waals surface area contributed by atoms with E-state index in [1.54, 1.807) is 0 Å². The first-order valence-electron chi connectivity index (χ1n) is 7.02. The van der Waals surface area contributed by atoms with Crippen molar-refractivity contribution in [3.8, 4) is 0 Å². The quantitative estimate of drug-likeness (QED) is 0.616. The third kappa shape index (κ3) is 1.02. The Morgan fingerprint density at radius 3 is 2.76 bits per heavy atom. The summed E-state index contributed by atoms with van der Waals surface area (Å²) in [5.41, 5.74) is 0.777. The van der Waals surface area contributed by atoms with Gasteiger partial charge in [0.15, 0.2) is 0 Å². The second-order valence-electron chi connectivity index (χ2n) is 6.64.